The molecule has 2 aromatic heterocycles. The second kappa shape index (κ2) is 5.75. The topological polar surface area (TPSA) is 117 Å². The molecule has 2 aromatic rings. The van der Waals surface area contributed by atoms with Crippen LogP contribution in [0.2, 0.25) is 0 Å². The van der Waals surface area contributed by atoms with E-state index in [1.165, 1.54) is 11.0 Å². The molecule has 0 amide bonds. The first-order valence-corrected chi connectivity index (χ1v) is 6.99. The molecular weight excluding hydrogens is 302 g/mol. The van der Waals surface area contributed by atoms with Gasteiger partial charge in [-0.3, -0.25) is 0 Å². The highest BCUT2D eigenvalue weighted by molar-refractivity contribution is 5.91. The smallest absolute Gasteiger partial charge is 0.181 e. The SMILES string of the molecule is C#Cc1nn([C@@H]2O[C@H](CO)[C@@H](O)[C@H]2O)c2ncnc(N(C)C)c12. The van der Waals surface area contributed by atoms with Crippen LogP contribution >= 0.6 is 0 Å². The summed E-state index contributed by atoms with van der Waals surface area (Å²) in [5, 5.41) is 34.1. The fourth-order valence-corrected chi connectivity index (χ4v) is 2.66. The molecule has 3 rings (SSSR count). The minimum Gasteiger partial charge on any atom is -0.394 e. The maximum Gasteiger partial charge on any atom is 0.181 e. The Balaban J connectivity index is 2.17. The normalized spacial score (nSPS) is 27.3. The first kappa shape index (κ1) is 15.6. The van der Waals surface area contributed by atoms with Gasteiger partial charge in [0.2, 0.25) is 0 Å². The number of anilines is 1. The lowest BCUT2D eigenvalue weighted by Gasteiger charge is -2.16. The zero-order valence-electron chi connectivity index (χ0n) is 12.7. The van der Waals surface area contributed by atoms with E-state index in [9.17, 15) is 15.3 Å². The molecule has 4 atom stereocenters. The number of fused-ring (bicyclic) bond motifs is 1. The summed E-state index contributed by atoms with van der Waals surface area (Å²) in [5.74, 6) is 3.06. The molecule has 3 heterocycles. The number of aliphatic hydroxyl groups excluding tert-OH is 3. The van der Waals surface area contributed by atoms with Crippen molar-refractivity contribution in [2.45, 2.75) is 24.5 Å². The van der Waals surface area contributed by atoms with Gasteiger partial charge >= 0.3 is 0 Å². The van der Waals surface area contributed by atoms with Gasteiger partial charge in [0.25, 0.3) is 0 Å². The summed E-state index contributed by atoms with van der Waals surface area (Å²) in [5.41, 5.74) is 0.688. The van der Waals surface area contributed by atoms with Gasteiger partial charge in [0.05, 0.1) is 12.0 Å². The molecule has 0 unspecified atom stereocenters. The van der Waals surface area contributed by atoms with Gasteiger partial charge in [-0.15, -0.1) is 6.42 Å². The Bertz CT molecular complexity index is 768. The molecule has 0 spiro atoms. The quantitative estimate of drug-likeness (QED) is 0.584. The first-order valence-electron chi connectivity index (χ1n) is 6.99. The molecule has 1 aliphatic heterocycles. The zero-order valence-corrected chi connectivity index (χ0v) is 12.7. The second-order valence-electron chi connectivity index (χ2n) is 5.46. The molecule has 23 heavy (non-hydrogen) atoms. The molecule has 0 radical (unpaired) electrons. The van der Waals surface area contributed by atoms with Crippen LogP contribution in [0.15, 0.2) is 6.33 Å². The van der Waals surface area contributed by atoms with Crippen LogP contribution in [-0.2, 0) is 4.74 Å². The number of nitrogens with zero attached hydrogens (tertiary/aromatic N) is 5. The fraction of sp³-hybridized carbons (Fsp3) is 0.500. The van der Waals surface area contributed by atoms with Crippen molar-refractivity contribution >= 4 is 16.9 Å². The Morgan fingerprint density at radius 1 is 1.35 bits per heavy atom. The average Bonchev–Trinajstić information content (AvgIpc) is 3.05. The Hall–Kier alpha value is -2.25. The highest BCUT2D eigenvalue weighted by Crippen LogP contribution is 2.33. The third-order valence-corrected chi connectivity index (χ3v) is 3.79. The van der Waals surface area contributed by atoms with Crippen molar-refractivity contribution in [3.8, 4) is 12.3 Å². The number of ether oxygens (including phenoxy) is 1. The molecule has 3 N–H and O–H groups in total. The Labute approximate surface area is 132 Å². The first-order chi connectivity index (χ1) is 11.0. The summed E-state index contributed by atoms with van der Waals surface area (Å²) in [4.78, 5) is 10.1. The monoisotopic (exact) mass is 319 g/mol. The highest BCUT2D eigenvalue weighted by atomic mass is 16.6. The minimum atomic E-state index is -1.27. The van der Waals surface area contributed by atoms with Gasteiger partial charge in [-0.2, -0.15) is 5.10 Å². The summed E-state index contributed by atoms with van der Waals surface area (Å²) in [6, 6.07) is 0. The maximum atomic E-state index is 10.2. The molecule has 0 bridgehead atoms. The van der Waals surface area contributed by atoms with E-state index in [-0.39, 0.29) is 0 Å². The van der Waals surface area contributed by atoms with Gasteiger partial charge in [-0.05, 0) is 5.92 Å². The third kappa shape index (κ3) is 2.32. The molecule has 9 heteroatoms. The molecule has 122 valence electrons. The molecule has 9 nitrogen and oxygen atoms in total. The Kier molecular flexibility index (Phi) is 3.91. The summed E-state index contributed by atoms with van der Waals surface area (Å²) in [6.07, 6.45) is 2.48. The van der Waals surface area contributed by atoms with E-state index in [1.807, 2.05) is 14.1 Å². The van der Waals surface area contributed by atoms with Gasteiger partial charge in [-0.1, -0.05) is 0 Å². The van der Waals surface area contributed by atoms with E-state index >= 15 is 0 Å². The van der Waals surface area contributed by atoms with Crippen LogP contribution in [-0.4, -0.2) is 74.1 Å². The summed E-state index contributed by atoms with van der Waals surface area (Å²) in [7, 11) is 3.62. The Morgan fingerprint density at radius 2 is 2.09 bits per heavy atom. The summed E-state index contributed by atoms with van der Waals surface area (Å²) in [6.45, 7) is -0.423. The zero-order chi connectivity index (χ0) is 16.7. The lowest BCUT2D eigenvalue weighted by atomic mass is 10.1. The van der Waals surface area contributed by atoms with E-state index in [1.54, 1.807) is 4.90 Å². The van der Waals surface area contributed by atoms with Crippen molar-refractivity contribution in [1.82, 2.24) is 19.7 Å². The predicted octanol–water partition coefficient (Wildman–Crippen LogP) is -1.51. The van der Waals surface area contributed by atoms with Gasteiger partial charge in [0.15, 0.2) is 11.9 Å². The van der Waals surface area contributed by atoms with Crippen LogP contribution in [0.4, 0.5) is 5.82 Å². The molecule has 1 aliphatic rings. The lowest BCUT2D eigenvalue weighted by Crippen LogP contribution is -2.33. The number of hydrogen-bond donors (Lipinski definition) is 3. The predicted molar refractivity (Wildman–Crippen MR) is 80.6 cm³/mol. The number of rotatable bonds is 3. The van der Waals surface area contributed by atoms with Gasteiger partial charge < -0.3 is 25.0 Å². The molecule has 0 aliphatic carbocycles. The molecular formula is C14H17N5O4. The van der Waals surface area contributed by atoms with Gasteiger partial charge in [-0.25, -0.2) is 14.6 Å². The van der Waals surface area contributed by atoms with Crippen LogP contribution in [0, 0.1) is 12.3 Å². The van der Waals surface area contributed by atoms with Crippen LogP contribution in [0.3, 0.4) is 0 Å². The number of terminal acetylenes is 1. The van der Waals surface area contributed by atoms with Crippen LogP contribution in [0.5, 0.6) is 0 Å². The molecule has 0 aromatic carbocycles. The number of hydrogen-bond acceptors (Lipinski definition) is 8. The van der Waals surface area contributed by atoms with Gasteiger partial charge in [0.1, 0.15) is 36.2 Å². The molecule has 1 saturated heterocycles. The van der Waals surface area contributed by atoms with Crippen molar-refractivity contribution in [1.29, 1.82) is 0 Å². The van der Waals surface area contributed by atoms with Crippen molar-refractivity contribution < 1.29 is 20.1 Å². The van der Waals surface area contributed by atoms with E-state index in [0.717, 1.165) is 0 Å². The van der Waals surface area contributed by atoms with E-state index < -0.39 is 31.1 Å². The number of aliphatic hydroxyl groups is 3. The molecule has 0 saturated carbocycles. The highest BCUT2D eigenvalue weighted by Gasteiger charge is 2.44. The van der Waals surface area contributed by atoms with Crippen LogP contribution in [0.25, 0.3) is 11.0 Å². The minimum absolute atomic E-state index is 0.307. The van der Waals surface area contributed by atoms with Crippen molar-refractivity contribution in [2.75, 3.05) is 25.6 Å². The van der Waals surface area contributed by atoms with E-state index in [2.05, 4.69) is 21.0 Å². The van der Waals surface area contributed by atoms with Crippen molar-refractivity contribution in [3.63, 3.8) is 0 Å². The van der Waals surface area contributed by atoms with Crippen LogP contribution in [0.1, 0.15) is 11.9 Å². The third-order valence-electron chi connectivity index (χ3n) is 3.79. The van der Waals surface area contributed by atoms with Crippen molar-refractivity contribution in [2.24, 2.45) is 0 Å². The second-order valence-corrected chi connectivity index (χ2v) is 5.46. The van der Waals surface area contributed by atoms with E-state index in [0.29, 0.717) is 22.5 Å². The standard InChI is InChI=1S/C14H17N5O4/c1-4-7-9-12(18(2)3)15-6-16-13(9)19(17-7)14-11(22)10(21)8(5-20)23-14/h1,6,8,10-11,14,20-22H,5H2,2-3H3/t8-,10-,11-,14-/m1/s1. The summed E-state index contributed by atoms with van der Waals surface area (Å²) < 4.78 is 6.82. The maximum absolute atomic E-state index is 10.2. The molecule has 1 fully saturated rings. The van der Waals surface area contributed by atoms with Crippen molar-refractivity contribution in [3.05, 3.63) is 12.0 Å². The van der Waals surface area contributed by atoms with Gasteiger partial charge in [0, 0.05) is 14.1 Å². The largest absolute Gasteiger partial charge is 0.394 e. The Morgan fingerprint density at radius 3 is 2.65 bits per heavy atom. The van der Waals surface area contributed by atoms with E-state index in [4.69, 9.17) is 11.2 Å². The van der Waals surface area contributed by atoms with Crippen LogP contribution < -0.4 is 4.90 Å². The summed E-state index contributed by atoms with van der Waals surface area (Å²) >= 11 is 0. The number of aromatic nitrogens is 4. The average molecular weight is 319 g/mol. The lowest BCUT2D eigenvalue weighted by molar-refractivity contribution is -0.0567. The fourth-order valence-electron chi connectivity index (χ4n) is 2.66.